The number of phenolic OH excluding ortho intramolecular Hbond substituents is 1. The molecule has 0 heterocycles. The normalized spacial score (nSPS) is 14.8. The maximum absolute atomic E-state index is 13.4. The Morgan fingerprint density at radius 1 is 1.00 bits per heavy atom. The number of aryl methyl sites for hydroxylation is 1. The second kappa shape index (κ2) is 7.78. The van der Waals surface area contributed by atoms with Gasteiger partial charge < -0.3 is 5.11 Å². The Kier molecular flexibility index (Phi) is 6.16. The van der Waals surface area contributed by atoms with E-state index in [1.807, 2.05) is 32.9 Å². The van der Waals surface area contributed by atoms with Crippen molar-refractivity contribution in [1.29, 1.82) is 0 Å². The standard InChI is InChI=1S/C20H24F3OP/c1-4-12-19(5-2,16-13-14(3)10-11-17(16)24)25-18-9-7-6-8-15(18)20(21,22)23/h6-11,13,24-25H,4-5,12H2,1-3H3. The van der Waals surface area contributed by atoms with Gasteiger partial charge in [-0.2, -0.15) is 13.2 Å². The van der Waals surface area contributed by atoms with Crippen LogP contribution in [0.15, 0.2) is 42.5 Å². The smallest absolute Gasteiger partial charge is 0.417 e. The molecule has 2 aromatic rings. The molecule has 1 N–H and O–H groups in total. The Balaban J connectivity index is 2.59. The van der Waals surface area contributed by atoms with Gasteiger partial charge >= 0.3 is 6.18 Å². The maximum Gasteiger partial charge on any atom is 0.417 e. The van der Waals surface area contributed by atoms with Crippen LogP contribution in [-0.4, -0.2) is 5.11 Å². The average Bonchev–Trinajstić information content (AvgIpc) is 2.56. The molecule has 0 saturated carbocycles. The van der Waals surface area contributed by atoms with Crippen LogP contribution in [0.3, 0.4) is 0 Å². The van der Waals surface area contributed by atoms with Crippen LogP contribution in [0.2, 0.25) is 0 Å². The lowest BCUT2D eigenvalue weighted by molar-refractivity contribution is -0.136. The molecule has 0 radical (unpaired) electrons. The predicted molar refractivity (Wildman–Crippen MR) is 99.1 cm³/mol. The molecule has 5 heteroatoms. The summed E-state index contributed by atoms with van der Waals surface area (Å²) in [5, 5.41) is 10.2. The van der Waals surface area contributed by atoms with Crippen molar-refractivity contribution in [2.24, 2.45) is 0 Å². The fraction of sp³-hybridized carbons (Fsp3) is 0.400. The van der Waals surface area contributed by atoms with Crippen molar-refractivity contribution in [2.75, 3.05) is 0 Å². The van der Waals surface area contributed by atoms with Crippen LogP contribution in [0.5, 0.6) is 5.75 Å². The number of hydrogen-bond acceptors (Lipinski definition) is 1. The summed E-state index contributed by atoms with van der Waals surface area (Å²) in [6.07, 6.45) is -2.14. The second-order valence-electron chi connectivity index (χ2n) is 6.37. The third-order valence-electron chi connectivity index (χ3n) is 4.55. The zero-order valence-electron chi connectivity index (χ0n) is 14.7. The van der Waals surface area contributed by atoms with Crippen molar-refractivity contribution in [2.45, 2.75) is 51.4 Å². The molecule has 2 rings (SSSR count). The largest absolute Gasteiger partial charge is 0.508 e. The number of rotatable bonds is 6. The molecule has 0 bridgehead atoms. The van der Waals surface area contributed by atoms with Gasteiger partial charge in [-0.05, 0) is 37.2 Å². The molecule has 1 nitrogen and oxygen atoms in total. The van der Waals surface area contributed by atoms with Crippen molar-refractivity contribution < 1.29 is 18.3 Å². The van der Waals surface area contributed by atoms with Crippen molar-refractivity contribution in [3.8, 4) is 5.75 Å². The quantitative estimate of drug-likeness (QED) is 0.608. The van der Waals surface area contributed by atoms with Crippen molar-refractivity contribution in [3.63, 3.8) is 0 Å². The molecule has 25 heavy (non-hydrogen) atoms. The lowest BCUT2D eigenvalue weighted by Crippen LogP contribution is -2.26. The van der Waals surface area contributed by atoms with E-state index in [1.165, 1.54) is 6.07 Å². The third-order valence-corrected chi connectivity index (χ3v) is 6.61. The fourth-order valence-corrected chi connectivity index (χ4v) is 5.22. The molecule has 0 spiro atoms. The molecule has 2 unspecified atom stereocenters. The first kappa shape index (κ1) is 19.8. The first-order valence-corrected chi connectivity index (χ1v) is 9.48. The summed E-state index contributed by atoms with van der Waals surface area (Å²) in [7, 11) is -0.0647. The number of aromatic hydroxyl groups is 1. The number of phenols is 1. The summed E-state index contributed by atoms with van der Waals surface area (Å²) in [5.41, 5.74) is 1.18. The highest BCUT2D eigenvalue weighted by molar-refractivity contribution is 7.48. The number of halogens is 3. The number of alkyl halides is 3. The summed E-state index contributed by atoms with van der Waals surface area (Å²) < 4.78 is 40.2. The summed E-state index contributed by atoms with van der Waals surface area (Å²) in [6.45, 7) is 5.94. The van der Waals surface area contributed by atoms with Crippen LogP contribution in [0, 0.1) is 6.92 Å². The van der Waals surface area contributed by atoms with E-state index in [-0.39, 0.29) is 14.3 Å². The molecule has 0 aromatic heterocycles. The molecule has 0 aliphatic rings. The van der Waals surface area contributed by atoms with Crippen LogP contribution in [0.4, 0.5) is 13.2 Å². The maximum atomic E-state index is 13.4. The molecular weight excluding hydrogens is 344 g/mol. The van der Waals surface area contributed by atoms with Gasteiger partial charge in [-0.15, -0.1) is 0 Å². The van der Waals surface area contributed by atoms with Crippen molar-refractivity contribution in [3.05, 3.63) is 59.2 Å². The minimum atomic E-state index is -4.37. The van der Waals surface area contributed by atoms with Crippen LogP contribution in [-0.2, 0) is 11.3 Å². The minimum Gasteiger partial charge on any atom is -0.508 e. The zero-order chi connectivity index (χ0) is 18.7. The van der Waals surface area contributed by atoms with Crippen LogP contribution in [0.1, 0.15) is 49.8 Å². The minimum absolute atomic E-state index is 0.0647. The highest BCUT2D eigenvalue weighted by Gasteiger charge is 2.38. The SMILES string of the molecule is CCCC(CC)(Pc1ccccc1C(F)(F)F)c1cc(C)ccc1O. The summed E-state index contributed by atoms with van der Waals surface area (Å²) in [5.74, 6) is 0.165. The van der Waals surface area contributed by atoms with E-state index < -0.39 is 16.9 Å². The van der Waals surface area contributed by atoms with Gasteiger partial charge in [0, 0.05) is 10.7 Å². The molecule has 0 fully saturated rings. The van der Waals surface area contributed by atoms with E-state index in [4.69, 9.17) is 0 Å². The molecule has 0 aliphatic heterocycles. The third kappa shape index (κ3) is 4.36. The number of benzene rings is 2. The van der Waals surface area contributed by atoms with Crippen LogP contribution in [0.25, 0.3) is 0 Å². The Morgan fingerprint density at radius 3 is 2.28 bits per heavy atom. The van der Waals surface area contributed by atoms with E-state index in [1.54, 1.807) is 18.2 Å². The molecule has 0 aliphatic carbocycles. The van der Waals surface area contributed by atoms with Crippen LogP contribution < -0.4 is 5.30 Å². The molecule has 2 atom stereocenters. The predicted octanol–water partition coefficient (Wildman–Crippen LogP) is 6.13. The van der Waals surface area contributed by atoms with E-state index in [0.717, 1.165) is 30.0 Å². The van der Waals surface area contributed by atoms with E-state index in [0.29, 0.717) is 11.7 Å². The van der Waals surface area contributed by atoms with Gasteiger partial charge in [0.15, 0.2) is 0 Å². The van der Waals surface area contributed by atoms with Gasteiger partial charge in [0.2, 0.25) is 0 Å². The van der Waals surface area contributed by atoms with Crippen LogP contribution >= 0.6 is 8.58 Å². The van der Waals surface area contributed by atoms with Gasteiger partial charge in [-0.1, -0.05) is 64.7 Å². The number of hydrogen-bond donors (Lipinski definition) is 1. The monoisotopic (exact) mass is 368 g/mol. The van der Waals surface area contributed by atoms with Gasteiger partial charge in [0.1, 0.15) is 5.75 Å². The second-order valence-corrected chi connectivity index (χ2v) is 8.12. The van der Waals surface area contributed by atoms with E-state index in [2.05, 4.69) is 0 Å². The topological polar surface area (TPSA) is 20.2 Å². The lowest BCUT2D eigenvalue weighted by Gasteiger charge is -2.35. The average molecular weight is 368 g/mol. The Labute approximate surface area is 149 Å². The van der Waals surface area contributed by atoms with E-state index >= 15 is 0 Å². The summed E-state index contributed by atoms with van der Waals surface area (Å²) in [6, 6.07) is 11.2. The first-order valence-electron chi connectivity index (χ1n) is 8.48. The van der Waals surface area contributed by atoms with Gasteiger partial charge in [-0.3, -0.25) is 0 Å². The summed E-state index contributed by atoms with van der Waals surface area (Å²) >= 11 is 0. The fourth-order valence-electron chi connectivity index (χ4n) is 3.28. The van der Waals surface area contributed by atoms with Crippen molar-refractivity contribution >= 4 is 13.9 Å². The highest BCUT2D eigenvalue weighted by Crippen LogP contribution is 2.51. The van der Waals surface area contributed by atoms with Gasteiger partial charge in [0.25, 0.3) is 0 Å². The Morgan fingerprint density at radius 2 is 1.68 bits per heavy atom. The Bertz CT molecular complexity index is 727. The van der Waals surface area contributed by atoms with Gasteiger partial charge in [-0.25, -0.2) is 0 Å². The van der Waals surface area contributed by atoms with Gasteiger partial charge in [0.05, 0.1) is 5.56 Å². The molecule has 0 amide bonds. The van der Waals surface area contributed by atoms with Crippen molar-refractivity contribution in [1.82, 2.24) is 0 Å². The van der Waals surface area contributed by atoms with E-state index in [9.17, 15) is 18.3 Å². The zero-order valence-corrected chi connectivity index (χ0v) is 15.7. The molecule has 2 aromatic carbocycles. The summed E-state index contributed by atoms with van der Waals surface area (Å²) in [4.78, 5) is 0. The Hall–Kier alpha value is -1.54. The lowest BCUT2D eigenvalue weighted by atomic mass is 9.89. The first-order chi connectivity index (χ1) is 11.7. The molecular formula is C20H24F3OP. The molecule has 0 saturated heterocycles. The molecule has 136 valence electrons. The highest BCUT2D eigenvalue weighted by atomic mass is 31.1.